The van der Waals surface area contributed by atoms with Crippen molar-refractivity contribution in [2.24, 2.45) is 5.92 Å². The van der Waals surface area contributed by atoms with Gasteiger partial charge in [0.05, 0.1) is 17.9 Å². The molecule has 2 aliphatic rings. The van der Waals surface area contributed by atoms with E-state index < -0.39 is 21.4 Å². The third kappa shape index (κ3) is 4.46. The number of rotatable bonds is 10. The first-order valence-corrected chi connectivity index (χ1v) is 10.2. The van der Waals surface area contributed by atoms with Gasteiger partial charge in [-0.25, -0.2) is 17.5 Å². The van der Waals surface area contributed by atoms with Gasteiger partial charge in [0.2, 0.25) is 10.0 Å². The topological polar surface area (TPSA) is 67.4 Å². The van der Waals surface area contributed by atoms with Crippen molar-refractivity contribution in [2.45, 2.75) is 37.6 Å². The Bertz CT molecular complexity index is 685. The summed E-state index contributed by atoms with van der Waals surface area (Å²) in [5.41, 5.74) is 0.191. The molecule has 134 valence electrons. The van der Waals surface area contributed by atoms with E-state index in [0.29, 0.717) is 25.5 Å². The molecule has 7 heteroatoms. The van der Waals surface area contributed by atoms with Crippen molar-refractivity contribution in [3.63, 3.8) is 0 Å². The average molecular weight is 356 g/mol. The maximum Gasteiger partial charge on any atom is 0.212 e. The number of benzene rings is 1. The zero-order valence-electron chi connectivity index (χ0n) is 14.0. The van der Waals surface area contributed by atoms with E-state index in [9.17, 15) is 12.8 Å². The summed E-state index contributed by atoms with van der Waals surface area (Å²) in [6.07, 6.45) is 4.29. The molecular weight excluding hydrogens is 331 g/mol. The van der Waals surface area contributed by atoms with Crippen molar-refractivity contribution >= 4 is 10.0 Å². The summed E-state index contributed by atoms with van der Waals surface area (Å²) in [6, 6.07) is 4.68. The lowest BCUT2D eigenvalue weighted by Gasteiger charge is -2.19. The van der Waals surface area contributed by atoms with Crippen LogP contribution in [0.1, 0.15) is 37.7 Å². The van der Waals surface area contributed by atoms with E-state index in [-0.39, 0.29) is 11.5 Å². The Kier molecular flexibility index (Phi) is 5.13. The molecule has 1 aromatic carbocycles. The van der Waals surface area contributed by atoms with Crippen LogP contribution >= 0.6 is 0 Å². The third-order valence-corrected chi connectivity index (χ3v) is 6.12. The second-order valence-corrected chi connectivity index (χ2v) is 8.70. The van der Waals surface area contributed by atoms with Crippen molar-refractivity contribution < 1.29 is 17.5 Å². The molecule has 2 N–H and O–H groups in total. The molecule has 0 heterocycles. The second-order valence-electron chi connectivity index (χ2n) is 6.86. The van der Waals surface area contributed by atoms with E-state index in [2.05, 4.69) is 10.0 Å². The minimum Gasteiger partial charge on any atom is -0.490 e. The molecule has 0 unspecified atom stereocenters. The number of hydrogen-bond donors (Lipinski definition) is 2. The third-order valence-electron chi connectivity index (χ3n) is 4.60. The van der Waals surface area contributed by atoms with Gasteiger partial charge in [-0.1, -0.05) is 6.07 Å². The van der Waals surface area contributed by atoms with Crippen molar-refractivity contribution in [1.29, 1.82) is 0 Å². The lowest BCUT2D eigenvalue weighted by Crippen LogP contribution is -2.37. The van der Waals surface area contributed by atoms with E-state index in [1.807, 2.05) is 0 Å². The van der Waals surface area contributed by atoms with Crippen LogP contribution in [0, 0.1) is 11.7 Å². The Hall–Kier alpha value is -1.18. The van der Waals surface area contributed by atoms with Gasteiger partial charge >= 0.3 is 0 Å². The molecule has 0 aromatic heterocycles. The van der Waals surface area contributed by atoms with Crippen LogP contribution in [0.4, 0.5) is 4.39 Å². The number of hydrogen-bond acceptors (Lipinski definition) is 4. The van der Waals surface area contributed by atoms with Crippen LogP contribution in [-0.4, -0.2) is 34.4 Å². The Morgan fingerprint density at radius 3 is 2.71 bits per heavy atom. The molecule has 2 aliphatic carbocycles. The fourth-order valence-electron chi connectivity index (χ4n) is 2.77. The molecule has 24 heavy (non-hydrogen) atoms. The number of sulfonamides is 1. The van der Waals surface area contributed by atoms with Crippen LogP contribution in [0.25, 0.3) is 0 Å². The summed E-state index contributed by atoms with van der Waals surface area (Å²) in [6.45, 7) is 1.19. The minimum absolute atomic E-state index is 0.0851. The summed E-state index contributed by atoms with van der Waals surface area (Å²) in [7, 11) is -1.56. The SMILES string of the molecule is CNCCCS(=O)(=O)NC1(c2ccc(F)c(OCC3CC3)c2)CC1. The van der Waals surface area contributed by atoms with Crippen molar-refractivity contribution in [3.8, 4) is 5.75 Å². The summed E-state index contributed by atoms with van der Waals surface area (Å²) < 4.78 is 46.8. The normalized spacial score (nSPS) is 19.2. The fourth-order valence-corrected chi connectivity index (χ4v) is 4.31. The van der Waals surface area contributed by atoms with Crippen LogP contribution in [0.15, 0.2) is 18.2 Å². The Morgan fingerprint density at radius 1 is 1.33 bits per heavy atom. The molecule has 0 aliphatic heterocycles. The van der Waals surface area contributed by atoms with E-state index in [4.69, 9.17) is 4.74 Å². The van der Waals surface area contributed by atoms with Crippen molar-refractivity contribution in [1.82, 2.24) is 10.0 Å². The molecule has 3 rings (SSSR count). The Labute approximate surface area is 143 Å². The highest BCUT2D eigenvalue weighted by Gasteiger charge is 2.47. The number of halogens is 1. The molecule has 0 amide bonds. The lowest BCUT2D eigenvalue weighted by molar-refractivity contribution is 0.284. The standard InChI is InChI=1S/C17H25FN2O3S/c1-19-9-2-10-24(21,22)20-17(7-8-17)14-5-6-15(18)16(11-14)23-12-13-3-4-13/h5-6,11,13,19-20H,2-4,7-10,12H2,1H3. The van der Waals surface area contributed by atoms with E-state index in [1.165, 1.54) is 6.07 Å². The molecule has 0 bridgehead atoms. The van der Waals surface area contributed by atoms with Crippen molar-refractivity contribution in [3.05, 3.63) is 29.6 Å². The molecule has 2 saturated carbocycles. The Morgan fingerprint density at radius 2 is 2.08 bits per heavy atom. The van der Waals surface area contributed by atoms with Crippen LogP contribution < -0.4 is 14.8 Å². The van der Waals surface area contributed by atoms with E-state index in [1.54, 1.807) is 19.2 Å². The predicted molar refractivity (Wildman–Crippen MR) is 91.0 cm³/mol. The summed E-state index contributed by atoms with van der Waals surface area (Å²) >= 11 is 0. The summed E-state index contributed by atoms with van der Waals surface area (Å²) in [5, 5.41) is 2.94. The molecule has 0 radical (unpaired) electrons. The fraction of sp³-hybridized carbons (Fsp3) is 0.647. The van der Waals surface area contributed by atoms with Gasteiger partial charge in [0.15, 0.2) is 11.6 Å². The molecule has 0 spiro atoms. The maximum absolute atomic E-state index is 13.9. The highest BCUT2D eigenvalue weighted by atomic mass is 32.2. The monoisotopic (exact) mass is 356 g/mol. The lowest BCUT2D eigenvalue weighted by atomic mass is 10.1. The first-order valence-electron chi connectivity index (χ1n) is 8.53. The van der Waals surface area contributed by atoms with Gasteiger partial charge in [-0.2, -0.15) is 0 Å². The highest BCUT2D eigenvalue weighted by molar-refractivity contribution is 7.89. The van der Waals surface area contributed by atoms with Crippen LogP contribution in [-0.2, 0) is 15.6 Å². The van der Waals surface area contributed by atoms with Gasteiger partial charge in [-0.3, -0.25) is 0 Å². The first-order chi connectivity index (χ1) is 11.4. The Balaban J connectivity index is 1.69. The molecule has 0 atom stereocenters. The molecular formula is C17H25FN2O3S. The number of nitrogens with one attached hydrogen (secondary N) is 2. The van der Waals surface area contributed by atoms with Gasteiger partial charge in [0, 0.05) is 0 Å². The zero-order chi connectivity index (χ0) is 17.2. The molecule has 2 fully saturated rings. The molecule has 0 saturated heterocycles. The predicted octanol–water partition coefficient (Wildman–Crippen LogP) is 2.13. The second kappa shape index (κ2) is 6.98. The van der Waals surface area contributed by atoms with Gasteiger partial charge in [-0.15, -0.1) is 0 Å². The summed E-state index contributed by atoms with van der Waals surface area (Å²) in [5.74, 6) is 0.447. The van der Waals surface area contributed by atoms with Gasteiger partial charge in [0.1, 0.15) is 0 Å². The van der Waals surface area contributed by atoms with Crippen molar-refractivity contribution in [2.75, 3.05) is 26.0 Å². The van der Waals surface area contributed by atoms with Gasteiger partial charge in [-0.05, 0) is 69.3 Å². The van der Waals surface area contributed by atoms with E-state index in [0.717, 1.165) is 31.2 Å². The highest BCUT2D eigenvalue weighted by Crippen LogP contribution is 2.47. The number of ether oxygens (including phenoxy) is 1. The van der Waals surface area contributed by atoms with Gasteiger partial charge < -0.3 is 10.1 Å². The quantitative estimate of drug-likeness (QED) is 0.630. The molecule has 5 nitrogen and oxygen atoms in total. The smallest absolute Gasteiger partial charge is 0.212 e. The van der Waals surface area contributed by atoms with Crippen LogP contribution in [0.2, 0.25) is 0 Å². The van der Waals surface area contributed by atoms with Gasteiger partial charge in [0.25, 0.3) is 0 Å². The maximum atomic E-state index is 13.9. The minimum atomic E-state index is -3.36. The van der Waals surface area contributed by atoms with Crippen LogP contribution in [0.5, 0.6) is 5.75 Å². The average Bonchev–Trinajstić information content (AvgIpc) is 3.42. The zero-order valence-corrected chi connectivity index (χ0v) is 14.8. The van der Waals surface area contributed by atoms with Crippen LogP contribution in [0.3, 0.4) is 0 Å². The largest absolute Gasteiger partial charge is 0.490 e. The summed E-state index contributed by atoms with van der Waals surface area (Å²) in [4.78, 5) is 0. The molecule has 1 aromatic rings. The first kappa shape index (κ1) is 17.6. The van der Waals surface area contributed by atoms with E-state index >= 15 is 0 Å².